The van der Waals surface area contributed by atoms with E-state index in [0.717, 1.165) is 12.8 Å². The molecule has 2 aromatic carbocycles. The third-order valence-corrected chi connectivity index (χ3v) is 7.07. The van der Waals surface area contributed by atoms with Crippen molar-refractivity contribution in [3.63, 3.8) is 0 Å². The van der Waals surface area contributed by atoms with E-state index in [9.17, 15) is 13.6 Å². The van der Waals surface area contributed by atoms with E-state index in [1.54, 1.807) is 41.8 Å². The molecule has 1 N–H and O–H groups in total. The molecule has 2 aromatic heterocycles. The average Bonchev–Trinajstić information content (AvgIpc) is 3.52. The number of fused-ring (bicyclic) bond motifs is 1. The quantitative estimate of drug-likeness (QED) is 0.223. The lowest BCUT2D eigenvalue weighted by Gasteiger charge is -2.13. The molecule has 4 aromatic rings. The van der Waals surface area contributed by atoms with Crippen molar-refractivity contribution in [1.82, 2.24) is 19.5 Å². The van der Waals surface area contributed by atoms with Crippen LogP contribution in [0.15, 0.2) is 48.8 Å². The Balaban J connectivity index is 1.53. The zero-order valence-corrected chi connectivity index (χ0v) is 22.2. The van der Waals surface area contributed by atoms with Gasteiger partial charge in [0, 0.05) is 11.1 Å². The lowest BCUT2D eigenvalue weighted by atomic mass is 10.1. The van der Waals surface area contributed by atoms with Crippen molar-refractivity contribution in [2.24, 2.45) is 5.92 Å². The Hall–Kier alpha value is -3.79. The van der Waals surface area contributed by atoms with Crippen LogP contribution in [0.4, 0.5) is 8.78 Å². The van der Waals surface area contributed by atoms with E-state index in [-0.39, 0.29) is 24.3 Å². The average molecular weight is 557 g/mol. The summed E-state index contributed by atoms with van der Waals surface area (Å²) in [7, 11) is 0. The number of alkyl halides is 2. The first kappa shape index (κ1) is 26.8. The van der Waals surface area contributed by atoms with Crippen LogP contribution in [0.1, 0.15) is 50.7 Å². The molecule has 11 heteroatoms. The van der Waals surface area contributed by atoms with Crippen molar-refractivity contribution in [1.29, 1.82) is 0 Å². The minimum Gasteiger partial charge on any atom is -0.494 e. The number of carboxylic acids is 1. The van der Waals surface area contributed by atoms with Gasteiger partial charge in [0.05, 0.1) is 24.1 Å². The van der Waals surface area contributed by atoms with Crippen molar-refractivity contribution in [3.05, 3.63) is 64.9 Å². The molecule has 0 radical (unpaired) electrons. The molecular formula is C28H27ClF2N4O4. The topological polar surface area (TPSA) is 99.4 Å². The number of benzene rings is 2. The van der Waals surface area contributed by atoms with E-state index in [0.29, 0.717) is 51.2 Å². The van der Waals surface area contributed by atoms with Crippen LogP contribution in [0.25, 0.3) is 22.6 Å². The van der Waals surface area contributed by atoms with Gasteiger partial charge in [-0.05, 0) is 56.0 Å². The van der Waals surface area contributed by atoms with Gasteiger partial charge in [-0.1, -0.05) is 36.7 Å². The van der Waals surface area contributed by atoms with Crippen LogP contribution in [0.3, 0.4) is 0 Å². The predicted molar refractivity (Wildman–Crippen MR) is 141 cm³/mol. The summed E-state index contributed by atoms with van der Waals surface area (Å²) in [6.07, 6.45) is 0.974. The lowest BCUT2D eigenvalue weighted by Crippen LogP contribution is -2.13. The maximum atomic E-state index is 13.4. The molecule has 8 nitrogen and oxygen atoms in total. The number of rotatable bonds is 11. The maximum absolute atomic E-state index is 13.4. The maximum Gasteiger partial charge on any atom is 0.306 e. The Morgan fingerprint density at radius 2 is 2.00 bits per heavy atom. The van der Waals surface area contributed by atoms with Gasteiger partial charge in [0.15, 0.2) is 11.2 Å². The summed E-state index contributed by atoms with van der Waals surface area (Å²) in [5.74, 6) is -0.107. The molecule has 1 saturated carbocycles. The van der Waals surface area contributed by atoms with Gasteiger partial charge in [-0.25, -0.2) is 18.7 Å². The molecule has 1 aliphatic rings. The monoisotopic (exact) mass is 556 g/mol. The number of halogens is 3. The van der Waals surface area contributed by atoms with Crippen LogP contribution in [-0.2, 0) is 11.3 Å². The van der Waals surface area contributed by atoms with E-state index in [1.807, 2.05) is 6.92 Å². The number of hydrogen-bond donors (Lipinski definition) is 1. The SMILES string of the molecule is CC(CCOc1ccc(-c2nc3c(OC4(C)CC4)ncnc3n2Cc2cccc(C(F)F)c2)c(Cl)c1)C(=O)O. The number of aromatic nitrogens is 4. The Morgan fingerprint density at radius 3 is 2.69 bits per heavy atom. The Kier molecular flexibility index (Phi) is 7.40. The normalized spacial score (nSPS) is 14.9. The summed E-state index contributed by atoms with van der Waals surface area (Å²) in [5, 5.41) is 9.41. The molecule has 1 atom stereocenters. The van der Waals surface area contributed by atoms with Crippen LogP contribution >= 0.6 is 11.6 Å². The fourth-order valence-electron chi connectivity index (χ4n) is 4.11. The van der Waals surface area contributed by atoms with E-state index < -0.39 is 18.3 Å². The summed E-state index contributed by atoms with van der Waals surface area (Å²) in [5.41, 5.74) is 1.79. The number of carbonyl (C=O) groups is 1. The molecule has 39 heavy (non-hydrogen) atoms. The highest BCUT2D eigenvalue weighted by atomic mass is 35.5. The number of ether oxygens (including phenoxy) is 2. The summed E-state index contributed by atoms with van der Waals surface area (Å²) in [6, 6.07) is 11.3. The fraction of sp³-hybridized carbons (Fsp3) is 0.357. The first-order valence-corrected chi connectivity index (χ1v) is 12.9. The Labute approximate surface area is 228 Å². The summed E-state index contributed by atoms with van der Waals surface area (Å²) in [6.45, 7) is 4.05. The largest absolute Gasteiger partial charge is 0.494 e. The van der Waals surface area contributed by atoms with Gasteiger partial charge in [-0.3, -0.25) is 4.79 Å². The molecule has 2 heterocycles. The minimum atomic E-state index is -2.59. The molecule has 1 fully saturated rings. The van der Waals surface area contributed by atoms with Gasteiger partial charge in [0.25, 0.3) is 6.43 Å². The van der Waals surface area contributed by atoms with Crippen molar-refractivity contribution >= 4 is 28.7 Å². The molecule has 1 unspecified atom stereocenters. The lowest BCUT2D eigenvalue weighted by molar-refractivity contribution is -0.141. The second kappa shape index (κ2) is 10.8. The molecule has 5 rings (SSSR count). The van der Waals surface area contributed by atoms with Gasteiger partial charge in [-0.15, -0.1) is 0 Å². The number of carboxylic acid groups (broad SMARTS) is 1. The summed E-state index contributed by atoms with van der Waals surface area (Å²) in [4.78, 5) is 24.6. The van der Waals surface area contributed by atoms with Crippen molar-refractivity contribution in [2.45, 2.75) is 51.7 Å². The first-order chi connectivity index (χ1) is 18.6. The van der Waals surface area contributed by atoms with E-state index >= 15 is 0 Å². The van der Waals surface area contributed by atoms with Crippen LogP contribution in [-0.4, -0.2) is 42.8 Å². The summed E-state index contributed by atoms with van der Waals surface area (Å²) < 4.78 is 40.4. The molecule has 0 spiro atoms. The van der Waals surface area contributed by atoms with E-state index in [4.69, 9.17) is 31.2 Å². The highest BCUT2D eigenvalue weighted by Gasteiger charge is 2.41. The smallest absolute Gasteiger partial charge is 0.306 e. The van der Waals surface area contributed by atoms with E-state index in [1.165, 1.54) is 18.5 Å². The number of aliphatic carboxylic acids is 1. The first-order valence-electron chi connectivity index (χ1n) is 12.6. The van der Waals surface area contributed by atoms with Crippen LogP contribution < -0.4 is 9.47 Å². The number of hydrogen-bond acceptors (Lipinski definition) is 6. The second-order valence-electron chi connectivity index (χ2n) is 9.99. The van der Waals surface area contributed by atoms with E-state index in [2.05, 4.69) is 9.97 Å². The summed E-state index contributed by atoms with van der Waals surface area (Å²) >= 11 is 6.69. The molecule has 0 bridgehead atoms. The molecule has 0 aliphatic heterocycles. The molecular weight excluding hydrogens is 530 g/mol. The van der Waals surface area contributed by atoms with Gasteiger partial charge < -0.3 is 19.1 Å². The highest BCUT2D eigenvalue weighted by molar-refractivity contribution is 6.33. The van der Waals surface area contributed by atoms with Crippen LogP contribution in [0.2, 0.25) is 5.02 Å². The molecule has 0 saturated heterocycles. The van der Waals surface area contributed by atoms with Gasteiger partial charge in [0.1, 0.15) is 23.5 Å². The van der Waals surface area contributed by atoms with Gasteiger partial charge in [-0.2, -0.15) is 4.98 Å². The van der Waals surface area contributed by atoms with Crippen LogP contribution in [0.5, 0.6) is 11.6 Å². The molecule has 204 valence electrons. The van der Waals surface area contributed by atoms with Crippen molar-refractivity contribution < 1.29 is 28.2 Å². The Bertz CT molecular complexity index is 1520. The minimum absolute atomic E-state index is 0.0736. The number of nitrogens with zero attached hydrogens (tertiary/aromatic N) is 4. The third-order valence-electron chi connectivity index (χ3n) is 6.76. The van der Waals surface area contributed by atoms with Crippen molar-refractivity contribution in [3.8, 4) is 23.0 Å². The zero-order valence-electron chi connectivity index (χ0n) is 21.4. The van der Waals surface area contributed by atoms with Gasteiger partial charge >= 0.3 is 5.97 Å². The standard InChI is InChI=1S/C28H27ClF2N4O4/c1-16(27(36)37)8-11-38-19-6-7-20(21(29)13-19)24-34-22-25(32-15-33-26(22)39-28(2)9-10-28)35(24)14-17-4-3-5-18(12-17)23(30)31/h3-7,12-13,15-16,23H,8-11,14H2,1-2H3,(H,36,37). The number of imidazole rings is 1. The molecule has 0 amide bonds. The predicted octanol–water partition coefficient (Wildman–Crippen LogP) is 6.55. The third kappa shape index (κ3) is 5.95. The fourth-order valence-corrected chi connectivity index (χ4v) is 4.37. The second-order valence-corrected chi connectivity index (χ2v) is 10.4. The highest BCUT2D eigenvalue weighted by Crippen LogP contribution is 2.41. The molecule has 1 aliphatic carbocycles. The Morgan fingerprint density at radius 1 is 1.21 bits per heavy atom. The zero-order chi connectivity index (χ0) is 27.7. The van der Waals surface area contributed by atoms with Gasteiger partial charge in [0.2, 0.25) is 5.88 Å². The van der Waals surface area contributed by atoms with Crippen molar-refractivity contribution in [2.75, 3.05) is 6.61 Å². The van der Waals surface area contributed by atoms with Crippen LogP contribution in [0, 0.1) is 5.92 Å².